The van der Waals surface area contributed by atoms with E-state index in [4.69, 9.17) is 14.9 Å². The molecule has 0 saturated heterocycles. The summed E-state index contributed by atoms with van der Waals surface area (Å²) in [6.07, 6.45) is 2.92. The zero-order valence-corrected chi connectivity index (χ0v) is 11.2. The number of hydrogen-bond donors (Lipinski definition) is 2. The van der Waals surface area contributed by atoms with Gasteiger partial charge in [0.05, 0.1) is 25.7 Å². The number of unbranched alkanes of at least 4 members (excludes halogenated alkanes) is 1. The first-order valence-electron chi connectivity index (χ1n) is 6.45. The number of carbonyl (C=O) groups is 1. The molecule has 1 atom stereocenters. The van der Waals surface area contributed by atoms with Gasteiger partial charge in [-0.15, -0.1) is 0 Å². The Morgan fingerprint density at radius 1 is 1.24 bits per heavy atom. The van der Waals surface area contributed by atoms with E-state index >= 15 is 0 Å². The molecule has 0 aromatic rings. The van der Waals surface area contributed by atoms with Crippen LogP contribution in [-0.2, 0) is 9.53 Å². The van der Waals surface area contributed by atoms with Crippen LogP contribution in [0.25, 0.3) is 0 Å². The molecule has 102 valence electrons. The van der Waals surface area contributed by atoms with Crippen LogP contribution in [0.2, 0.25) is 0 Å². The molecule has 0 radical (unpaired) electrons. The summed E-state index contributed by atoms with van der Waals surface area (Å²) in [6, 6.07) is 0. The molecular formula is C13H26O4. The van der Waals surface area contributed by atoms with Crippen molar-refractivity contribution in [2.24, 2.45) is 17.8 Å². The van der Waals surface area contributed by atoms with Crippen LogP contribution in [-0.4, -0.2) is 36.0 Å². The van der Waals surface area contributed by atoms with E-state index in [2.05, 4.69) is 6.92 Å². The summed E-state index contributed by atoms with van der Waals surface area (Å²) >= 11 is 0. The van der Waals surface area contributed by atoms with Crippen LogP contribution in [0.4, 0.5) is 0 Å². The van der Waals surface area contributed by atoms with Crippen molar-refractivity contribution in [3.05, 3.63) is 0 Å². The van der Waals surface area contributed by atoms with Gasteiger partial charge < -0.3 is 14.9 Å². The molecule has 0 aliphatic carbocycles. The third-order valence-electron chi connectivity index (χ3n) is 2.95. The number of rotatable bonds is 9. The summed E-state index contributed by atoms with van der Waals surface area (Å²) in [5, 5.41) is 17.8. The molecule has 0 aliphatic rings. The summed E-state index contributed by atoms with van der Waals surface area (Å²) in [6.45, 7) is 5.89. The molecule has 0 aliphatic heterocycles. The molecule has 0 aromatic carbocycles. The molecule has 1 unspecified atom stereocenters. The van der Waals surface area contributed by atoms with Crippen LogP contribution in [0.3, 0.4) is 0 Å². The Morgan fingerprint density at radius 3 is 2.24 bits per heavy atom. The average molecular weight is 246 g/mol. The Labute approximate surface area is 104 Å². The molecule has 0 saturated carbocycles. The molecular weight excluding hydrogens is 220 g/mol. The van der Waals surface area contributed by atoms with E-state index in [-0.39, 0.29) is 43.5 Å². The van der Waals surface area contributed by atoms with Crippen LogP contribution < -0.4 is 0 Å². The number of carbonyl (C=O) groups excluding carboxylic acids is 1. The van der Waals surface area contributed by atoms with E-state index in [9.17, 15) is 4.79 Å². The van der Waals surface area contributed by atoms with Gasteiger partial charge in [0.2, 0.25) is 0 Å². The van der Waals surface area contributed by atoms with E-state index in [1.165, 1.54) is 0 Å². The predicted octanol–water partition coefficient (Wildman–Crippen LogP) is 1.59. The van der Waals surface area contributed by atoms with Crippen molar-refractivity contribution in [3.63, 3.8) is 0 Å². The second kappa shape index (κ2) is 9.42. The van der Waals surface area contributed by atoms with Crippen LogP contribution >= 0.6 is 0 Å². The van der Waals surface area contributed by atoms with Crippen molar-refractivity contribution in [1.82, 2.24) is 0 Å². The highest BCUT2D eigenvalue weighted by Gasteiger charge is 2.23. The fourth-order valence-corrected chi connectivity index (χ4v) is 1.62. The number of aliphatic hydroxyl groups excluding tert-OH is 2. The van der Waals surface area contributed by atoms with E-state index in [0.717, 1.165) is 19.3 Å². The lowest BCUT2D eigenvalue weighted by Gasteiger charge is -2.20. The summed E-state index contributed by atoms with van der Waals surface area (Å²) in [4.78, 5) is 11.8. The van der Waals surface area contributed by atoms with Gasteiger partial charge in [0.1, 0.15) is 0 Å². The fourth-order valence-electron chi connectivity index (χ4n) is 1.62. The monoisotopic (exact) mass is 246 g/mol. The molecule has 0 heterocycles. The van der Waals surface area contributed by atoms with Gasteiger partial charge >= 0.3 is 5.97 Å². The first-order valence-corrected chi connectivity index (χ1v) is 6.45. The first kappa shape index (κ1) is 16.4. The standard InChI is InChI=1S/C13H26O4/c1-4-5-6-12(10(2)3)13(16)17-9-11(7-14)8-15/h10-12,14-15H,4-9H2,1-3H3. The highest BCUT2D eigenvalue weighted by atomic mass is 16.5. The van der Waals surface area contributed by atoms with Gasteiger partial charge in [-0.2, -0.15) is 0 Å². The van der Waals surface area contributed by atoms with E-state index in [1.807, 2.05) is 13.8 Å². The van der Waals surface area contributed by atoms with Gasteiger partial charge in [-0.05, 0) is 12.3 Å². The van der Waals surface area contributed by atoms with Gasteiger partial charge in [-0.25, -0.2) is 0 Å². The molecule has 2 N–H and O–H groups in total. The van der Waals surface area contributed by atoms with E-state index in [0.29, 0.717) is 0 Å². The molecule has 0 spiro atoms. The summed E-state index contributed by atoms with van der Waals surface area (Å²) in [5.41, 5.74) is 0. The van der Waals surface area contributed by atoms with E-state index in [1.54, 1.807) is 0 Å². The zero-order valence-electron chi connectivity index (χ0n) is 11.2. The van der Waals surface area contributed by atoms with Crippen LogP contribution in [0.5, 0.6) is 0 Å². The maximum atomic E-state index is 11.8. The van der Waals surface area contributed by atoms with Crippen molar-refractivity contribution in [3.8, 4) is 0 Å². The number of esters is 1. The van der Waals surface area contributed by atoms with Crippen molar-refractivity contribution < 1.29 is 19.7 Å². The minimum atomic E-state index is -0.363. The highest BCUT2D eigenvalue weighted by molar-refractivity contribution is 5.72. The van der Waals surface area contributed by atoms with Crippen LogP contribution in [0.1, 0.15) is 40.0 Å². The largest absolute Gasteiger partial charge is 0.465 e. The van der Waals surface area contributed by atoms with Gasteiger partial charge in [0.15, 0.2) is 0 Å². The molecule has 4 heteroatoms. The Hall–Kier alpha value is -0.610. The van der Waals surface area contributed by atoms with Crippen molar-refractivity contribution in [1.29, 1.82) is 0 Å². The lowest BCUT2D eigenvalue weighted by Crippen LogP contribution is -2.27. The van der Waals surface area contributed by atoms with Gasteiger partial charge in [-0.1, -0.05) is 33.6 Å². The molecule has 0 bridgehead atoms. The third kappa shape index (κ3) is 6.64. The Bertz CT molecular complexity index is 200. The molecule has 0 rings (SSSR count). The number of ether oxygens (including phenoxy) is 1. The minimum absolute atomic E-state index is 0.0759. The molecule has 0 aromatic heterocycles. The third-order valence-corrected chi connectivity index (χ3v) is 2.95. The highest BCUT2D eigenvalue weighted by Crippen LogP contribution is 2.20. The SMILES string of the molecule is CCCCC(C(=O)OCC(CO)CO)C(C)C. The minimum Gasteiger partial charge on any atom is -0.465 e. The quantitative estimate of drug-likeness (QED) is 0.606. The summed E-state index contributed by atoms with van der Waals surface area (Å²) in [7, 11) is 0. The Balaban J connectivity index is 4.13. The summed E-state index contributed by atoms with van der Waals surface area (Å²) < 4.78 is 5.15. The molecule has 0 amide bonds. The lowest BCUT2D eigenvalue weighted by atomic mass is 9.91. The van der Waals surface area contributed by atoms with E-state index < -0.39 is 0 Å². The molecule has 4 nitrogen and oxygen atoms in total. The van der Waals surface area contributed by atoms with Crippen molar-refractivity contribution in [2.75, 3.05) is 19.8 Å². The second-order valence-electron chi connectivity index (χ2n) is 4.85. The van der Waals surface area contributed by atoms with Crippen molar-refractivity contribution in [2.45, 2.75) is 40.0 Å². The Kier molecular flexibility index (Phi) is 9.09. The number of aliphatic hydroxyl groups is 2. The lowest BCUT2D eigenvalue weighted by molar-refractivity contribution is -0.152. The smallest absolute Gasteiger partial charge is 0.309 e. The maximum absolute atomic E-state index is 11.8. The zero-order chi connectivity index (χ0) is 13.3. The average Bonchev–Trinajstić information content (AvgIpc) is 2.30. The predicted molar refractivity (Wildman–Crippen MR) is 66.5 cm³/mol. The topological polar surface area (TPSA) is 66.8 Å². The van der Waals surface area contributed by atoms with Gasteiger partial charge in [0.25, 0.3) is 0 Å². The fraction of sp³-hybridized carbons (Fsp3) is 0.923. The molecule has 0 fully saturated rings. The van der Waals surface area contributed by atoms with Gasteiger partial charge in [-0.3, -0.25) is 4.79 Å². The normalized spacial score (nSPS) is 13.1. The number of hydrogen-bond acceptors (Lipinski definition) is 4. The molecule has 17 heavy (non-hydrogen) atoms. The summed E-state index contributed by atoms with van der Waals surface area (Å²) in [5.74, 6) is -0.387. The first-order chi connectivity index (χ1) is 8.06. The van der Waals surface area contributed by atoms with Crippen LogP contribution in [0, 0.1) is 17.8 Å². The van der Waals surface area contributed by atoms with Crippen LogP contribution in [0.15, 0.2) is 0 Å². The van der Waals surface area contributed by atoms with Crippen molar-refractivity contribution >= 4 is 5.97 Å². The maximum Gasteiger partial charge on any atom is 0.309 e. The Morgan fingerprint density at radius 2 is 1.82 bits per heavy atom. The van der Waals surface area contributed by atoms with Gasteiger partial charge in [0, 0.05) is 5.92 Å². The second-order valence-corrected chi connectivity index (χ2v) is 4.85.